The minimum absolute atomic E-state index is 0.669. The predicted molar refractivity (Wildman–Crippen MR) is 55.0 cm³/mol. The minimum Gasteiger partial charge on any atom is -0.383 e. The molecule has 3 nitrogen and oxygen atoms in total. The molecule has 1 aromatic rings. The number of nitrogens with two attached hydrogens (primary N) is 1. The van der Waals surface area contributed by atoms with Gasteiger partial charge in [-0.25, -0.2) is 0 Å². The fraction of sp³-hybridized carbons (Fsp3) is 0.667. The van der Waals surface area contributed by atoms with Crippen molar-refractivity contribution in [1.29, 1.82) is 0 Å². The fourth-order valence-electron chi connectivity index (χ4n) is 2.61. The van der Waals surface area contributed by atoms with Crippen LogP contribution in [0.1, 0.15) is 19.3 Å². The van der Waals surface area contributed by atoms with Gasteiger partial charge in [-0.3, -0.25) is 0 Å². The second-order valence-corrected chi connectivity index (χ2v) is 4.86. The first-order valence-electron chi connectivity index (χ1n) is 4.82. The van der Waals surface area contributed by atoms with Crippen molar-refractivity contribution in [3.8, 4) is 0 Å². The number of anilines is 2. The van der Waals surface area contributed by atoms with Crippen molar-refractivity contribution in [3.05, 3.63) is 6.07 Å². The highest BCUT2D eigenvalue weighted by molar-refractivity contribution is 7.10. The van der Waals surface area contributed by atoms with Gasteiger partial charge < -0.3 is 10.6 Å². The average Bonchev–Trinajstić information content (AvgIpc) is 2.77. The Morgan fingerprint density at radius 1 is 1.54 bits per heavy atom. The Morgan fingerprint density at radius 3 is 3.00 bits per heavy atom. The van der Waals surface area contributed by atoms with Crippen LogP contribution >= 0.6 is 11.5 Å². The molecule has 2 atom stereocenters. The van der Waals surface area contributed by atoms with Crippen LogP contribution in [0.15, 0.2) is 6.07 Å². The highest BCUT2D eigenvalue weighted by Gasteiger charge is 2.38. The number of piperidine rings is 1. The van der Waals surface area contributed by atoms with Crippen LogP contribution < -0.4 is 10.6 Å². The summed E-state index contributed by atoms with van der Waals surface area (Å²) in [5.74, 6) is 1.61. The van der Waals surface area contributed by atoms with E-state index in [0.717, 1.165) is 12.0 Å². The lowest BCUT2D eigenvalue weighted by atomic mass is 10.1. The van der Waals surface area contributed by atoms with Gasteiger partial charge in [-0.2, -0.15) is 4.37 Å². The van der Waals surface area contributed by atoms with Crippen molar-refractivity contribution in [1.82, 2.24) is 4.37 Å². The lowest BCUT2D eigenvalue weighted by molar-refractivity contribution is 0.555. The summed E-state index contributed by atoms with van der Waals surface area (Å²) in [7, 11) is 0. The number of nitrogen functional groups attached to an aromatic ring is 1. The van der Waals surface area contributed by atoms with E-state index in [1.165, 1.54) is 42.3 Å². The highest BCUT2D eigenvalue weighted by atomic mass is 32.1. The van der Waals surface area contributed by atoms with Gasteiger partial charge in [0.25, 0.3) is 0 Å². The van der Waals surface area contributed by atoms with Crippen LogP contribution in [0.4, 0.5) is 10.8 Å². The van der Waals surface area contributed by atoms with E-state index >= 15 is 0 Å². The molecule has 1 aliphatic carbocycles. The summed E-state index contributed by atoms with van der Waals surface area (Å²) in [6, 6.07) is 2.79. The molecule has 2 heterocycles. The Hall–Kier alpha value is -0.770. The molecule has 2 N–H and O–H groups in total. The van der Waals surface area contributed by atoms with E-state index in [1.807, 2.05) is 6.07 Å². The standard InChI is InChI=1S/C9H13N3S/c10-8-4-9(13-11-8)12-5-6-1-2-7(12)3-6/h4,6-7H,1-3,5H2,(H2,10,11). The third-order valence-electron chi connectivity index (χ3n) is 3.21. The number of rotatable bonds is 1. The maximum absolute atomic E-state index is 5.62. The van der Waals surface area contributed by atoms with Crippen LogP contribution in [0.25, 0.3) is 0 Å². The molecule has 2 aliphatic rings. The molecule has 13 heavy (non-hydrogen) atoms. The maximum Gasteiger partial charge on any atom is 0.139 e. The second kappa shape index (κ2) is 2.61. The van der Waals surface area contributed by atoms with Gasteiger partial charge in [0, 0.05) is 18.7 Å². The van der Waals surface area contributed by atoms with Gasteiger partial charge in [-0.15, -0.1) is 0 Å². The lowest BCUT2D eigenvalue weighted by Crippen LogP contribution is -2.30. The summed E-state index contributed by atoms with van der Waals surface area (Å²) in [4.78, 5) is 2.49. The first kappa shape index (κ1) is 7.62. The zero-order valence-corrected chi connectivity index (χ0v) is 8.26. The number of hydrogen-bond acceptors (Lipinski definition) is 4. The normalized spacial score (nSPS) is 31.5. The molecule has 2 unspecified atom stereocenters. The summed E-state index contributed by atoms with van der Waals surface area (Å²) < 4.78 is 4.12. The van der Waals surface area contributed by atoms with E-state index in [1.54, 1.807) is 0 Å². The summed E-state index contributed by atoms with van der Waals surface area (Å²) in [6.07, 6.45) is 4.18. The maximum atomic E-state index is 5.62. The van der Waals surface area contributed by atoms with Crippen LogP contribution in [-0.2, 0) is 0 Å². The van der Waals surface area contributed by atoms with E-state index in [4.69, 9.17) is 5.73 Å². The first-order valence-corrected chi connectivity index (χ1v) is 5.59. The molecule has 1 aliphatic heterocycles. The van der Waals surface area contributed by atoms with E-state index < -0.39 is 0 Å². The summed E-state index contributed by atoms with van der Waals surface area (Å²) in [5, 5.41) is 1.27. The number of nitrogens with zero attached hydrogens (tertiary/aromatic N) is 2. The molecular weight excluding hydrogens is 182 g/mol. The van der Waals surface area contributed by atoms with E-state index in [0.29, 0.717) is 5.82 Å². The molecule has 4 heteroatoms. The highest BCUT2D eigenvalue weighted by Crippen LogP contribution is 2.41. The molecule has 2 bridgehead atoms. The molecular formula is C9H13N3S. The number of fused-ring (bicyclic) bond motifs is 2. The van der Waals surface area contributed by atoms with Gasteiger partial charge in [0.15, 0.2) is 0 Å². The molecule has 0 radical (unpaired) electrons. The van der Waals surface area contributed by atoms with Crippen molar-refractivity contribution in [3.63, 3.8) is 0 Å². The molecule has 0 amide bonds. The van der Waals surface area contributed by atoms with Crippen LogP contribution in [-0.4, -0.2) is 17.0 Å². The minimum atomic E-state index is 0.669. The van der Waals surface area contributed by atoms with Crippen molar-refractivity contribution in [2.45, 2.75) is 25.3 Å². The number of aromatic nitrogens is 1. The van der Waals surface area contributed by atoms with E-state index in [-0.39, 0.29) is 0 Å². The fourth-order valence-corrected chi connectivity index (χ4v) is 3.36. The molecule has 1 aromatic heterocycles. The van der Waals surface area contributed by atoms with Gasteiger partial charge in [0.05, 0.1) is 0 Å². The Morgan fingerprint density at radius 2 is 2.46 bits per heavy atom. The average molecular weight is 195 g/mol. The van der Waals surface area contributed by atoms with Crippen molar-refractivity contribution >= 4 is 22.4 Å². The molecule has 0 aromatic carbocycles. The molecule has 1 saturated heterocycles. The van der Waals surface area contributed by atoms with E-state index in [9.17, 15) is 0 Å². The topological polar surface area (TPSA) is 42.1 Å². The number of hydrogen-bond donors (Lipinski definition) is 1. The van der Waals surface area contributed by atoms with Gasteiger partial charge >= 0.3 is 0 Å². The zero-order chi connectivity index (χ0) is 8.84. The van der Waals surface area contributed by atoms with Crippen molar-refractivity contribution in [2.75, 3.05) is 17.2 Å². The Balaban J connectivity index is 1.87. The zero-order valence-electron chi connectivity index (χ0n) is 7.44. The third kappa shape index (κ3) is 1.12. The van der Waals surface area contributed by atoms with E-state index in [2.05, 4.69) is 9.27 Å². The van der Waals surface area contributed by atoms with Crippen molar-refractivity contribution in [2.24, 2.45) is 5.92 Å². The Bertz CT molecular complexity index is 322. The van der Waals surface area contributed by atoms with Crippen LogP contribution in [0.5, 0.6) is 0 Å². The Labute approximate surface area is 81.7 Å². The third-order valence-corrected chi connectivity index (χ3v) is 4.05. The SMILES string of the molecule is Nc1cc(N2CC3CCC2C3)sn1. The van der Waals surface area contributed by atoms with Gasteiger partial charge in [-0.1, -0.05) is 0 Å². The van der Waals surface area contributed by atoms with Crippen LogP contribution in [0.3, 0.4) is 0 Å². The Kier molecular flexibility index (Phi) is 1.53. The largest absolute Gasteiger partial charge is 0.383 e. The molecule has 2 fully saturated rings. The molecule has 3 rings (SSSR count). The second-order valence-electron chi connectivity index (χ2n) is 4.08. The summed E-state index contributed by atoms with van der Waals surface area (Å²) >= 11 is 1.54. The van der Waals surface area contributed by atoms with Gasteiger partial charge in [0.1, 0.15) is 10.8 Å². The van der Waals surface area contributed by atoms with Gasteiger partial charge in [-0.05, 0) is 36.7 Å². The smallest absolute Gasteiger partial charge is 0.139 e. The van der Waals surface area contributed by atoms with Crippen molar-refractivity contribution < 1.29 is 0 Å². The van der Waals surface area contributed by atoms with Gasteiger partial charge in [0.2, 0.25) is 0 Å². The molecule has 0 spiro atoms. The quantitative estimate of drug-likeness (QED) is 0.742. The first-order chi connectivity index (χ1) is 6.33. The molecule has 1 saturated carbocycles. The van der Waals surface area contributed by atoms with Crippen LogP contribution in [0, 0.1) is 5.92 Å². The summed E-state index contributed by atoms with van der Waals surface area (Å²) in [5.41, 5.74) is 5.62. The van der Waals surface area contributed by atoms with Crippen LogP contribution in [0.2, 0.25) is 0 Å². The summed E-state index contributed by atoms with van der Waals surface area (Å²) in [6.45, 7) is 1.23. The monoisotopic (exact) mass is 195 g/mol. The predicted octanol–water partition coefficient (Wildman–Crippen LogP) is 1.71. The lowest BCUT2D eigenvalue weighted by Gasteiger charge is -2.26. The molecule has 70 valence electrons.